The molecule has 0 aliphatic carbocycles. The van der Waals surface area contributed by atoms with E-state index in [0.29, 0.717) is 31.2 Å². The van der Waals surface area contributed by atoms with Crippen LogP contribution in [0.15, 0.2) is 53.5 Å². The highest BCUT2D eigenvalue weighted by molar-refractivity contribution is 5.79. The maximum Gasteiger partial charge on any atom is 0.410 e. The second kappa shape index (κ2) is 11.0. The van der Waals surface area contributed by atoms with Crippen molar-refractivity contribution in [2.45, 2.75) is 46.0 Å². The van der Waals surface area contributed by atoms with E-state index in [1.807, 2.05) is 57.2 Å². The van der Waals surface area contributed by atoms with Gasteiger partial charge in [-0.2, -0.15) is 5.26 Å². The number of nitrogens with zero attached hydrogens (tertiary/aromatic N) is 3. The number of carbonyl (C=O) groups is 1. The molecule has 7 heteroatoms. The lowest BCUT2D eigenvalue weighted by molar-refractivity contribution is 0.0285. The molecule has 0 fully saturated rings. The fourth-order valence-corrected chi connectivity index (χ4v) is 2.73. The fraction of sp³-hybridized carbons (Fsp3) is 0.375. The van der Waals surface area contributed by atoms with Crippen molar-refractivity contribution in [1.29, 1.82) is 5.26 Å². The van der Waals surface area contributed by atoms with Gasteiger partial charge < -0.3 is 20.3 Å². The summed E-state index contributed by atoms with van der Waals surface area (Å²) in [6, 6.07) is 17.6. The Bertz CT molecular complexity index is 922. The van der Waals surface area contributed by atoms with Crippen LogP contribution in [-0.4, -0.2) is 36.6 Å². The van der Waals surface area contributed by atoms with E-state index in [0.717, 1.165) is 16.7 Å². The summed E-state index contributed by atoms with van der Waals surface area (Å²) < 4.78 is 5.38. The highest BCUT2D eigenvalue weighted by atomic mass is 16.6. The predicted molar refractivity (Wildman–Crippen MR) is 122 cm³/mol. The van der Waals surface area contributed by atoms with Gasteiger partial charge in [-0.05, 0) is 49.6 Å². The minimum atomic E-state index is -0.506. The first-order chi connectivity index (χ1) is 14.7. The van der Waals surface area contributed by atoms with Gasteiger partial charge in [0.2, 0.25) is 0 Å². The molecule has 31 heavy (non-hydrogen) atoms. The number of ether oxygens (including phenoxy) is 1. The van der Waals surface area contributed by atoms with Crippen molar-refractivity contribution in [3.63, 3.8) is 0 Å². The molecule has 0 saturated carbocycles. The zero-order chi connectivity index (χ0) is 22.9. The Kier molecular flexibility index (Phi) is 8.44. The number of hydrogen-bond acceptors (Lipinski definition) is 4. The van der Waals surface area contributed by atoms with Crippen molar-refractivity contribution in [1.82, 2.24) is 15.5 Å². The van der Waals surface area contributed by atoms with Crippen LogP contribution in [0.3, 0.4) is 0 Å². The van der Waals surface area contributed by atoms with Crippen molar-refractivity contribution >= 4 is 12.1 Å². The summed E-state index contributed by atoms with van der Waals surface area (Å²) in [5.74, 6) is 0.693. The first kappa shape index (κ1) is 23.7. The van der Waals surface area contributed by atoms with Crippen molar-refractivity contribution in [2.75, 3.05) is 14.1 Å². The molecule has 2 aromatic rings. The molecule has 2 aromatic carbocycles. The average Bonchev–Trinajstić information content (AvgIpc) is 2.74. The zero-order valence-corrected chi connectivity index (χ0v) is 18.9. The van der Waals surface area contributed by atoms with E-state index in [4.69, 9.17) is 10.00 Å². The molecule has 0 atom stereocenters. The number of aliphatic imine (C=N–C) groups is 1. The Morgan fingerprint density at radius 3 is 1.94 bits per heavy atom. The van der Waals surface area contributed by atoms with Crippen molar-refractivity contribution < 1.29 is 9.53 Å². The second-order valence-corrected chi connectivity index (χ2v) is 8.24. The van der Waals surface area contributed by atoms with Crippen LogP contribution in [0.5, 0.6) is 0 Å². The molecular weight excluding hydrogens is 390 g/mol. The van der Waals surface area contributed by atoms with E-state index in [2.05, 4.69) is 21.7 Å². The Morgan fingerprint density at radius 1 is 1.00 bits per heavy atom. The van der Waals surface area contributed by atoms with Crippen LogP contribution in [-0.2, 0) is 24.4 Å². The average molecular weight is 422 g/mol. The van der Waals surface area contributed by atoms with E-state index >= 15 is 0 Å². The van der Waals surface area contributed by atoms with Gasteiger partial charge >= 0.3 is 6.09 Å². The summed E-state index contributed by atoms with van der Waals surface area (Å²) in [5, 5.41) is 15.4. The monoisotopic (exact) mass is 421 g/mol. The van der Waals surface area contributed by atoms with Gasteiger partial charge in [0.05, 0.1) is 11.6 Å². The molecule has 0 bridgehead atoms. The molecule has 1 amide bonds. The SMILES string of the molecule is CN=C(NCc1ccc(C#N)cc1)NCc1ccc(CN(C)C(=O)OC(C)(C)C)cc1. The number of benzene rings is 2. The number of hydrogen-bond donors (Lipinski definition) is 2. The molecule has 0 unspecified atom stereocenters. The van der Waals surface area contributed by atoms with Crippen LogP contribution in [0.4, 0.5) is 4.79 Å². The summed E-state index contributed by atoms with van der Waals surface area (Å²) in [7, 11) is 3.46. The Hall–Kier alpha value is -3.53. The number of amides is 1. The molecule has 0 radical (unpaired) electrons. The minimum Gasteiger partial charge on any atom is -0.444 e. The van der Waals surface area contributed by atoms with Gasteiger partial charge in [0.15, 0.2) is 5.96 Å². The van der Waals surface area contributed by atoms with Gasteiger partial charge in [-0.25, -0.2) is 4.79 Å². The van der Waals surface area contributed by atoms with E-state index < -0.39 is 5.60 Å². The largest absolute Gasteiger partial charge is 0.444 e. The lowest BCUT2D eigenvalue weighted by atomic mass is 10.1. The van der Waals surface area contributed by atoms with Gasteiger partial charge in [0.25, 0.3) is 0 Å². The highest BCUT2D eigenvalue weighted by Gasteiger charge is 2.19. The number of nitrogens with one attached hydrogen (secondary N) is 2. The number of rotatable bonds is 6. The van der Waals surface area contributed by atoms with Crippen LogP contribution in [0, 0.1) is 11.3 Å². The van der Waals surface area contributed by atoms with Crippen LogP contribution >= 0.6 is 0 Å². The number of guanidine groups is 1. The lowest BCUT2D eigenvalue weighted by Crippen LogP contribution is -2.36. The summed E-state index contributed by atoms with van der Waals surface area (Å²) >= 11 is 0. The molecule has 2 N–H and O–H groups in total. The van der Waals surface area contributed by atoms with E-state index in [1.54, 1.807) is 31.1 Å². The normalized spacial score (nSPS) is 11.4. The molecule has 2 rings (SSSR count). The van der Waals surface area contributed by atoms with Crippen molar-refractivity contribution in [2.24, 2.45) is 4.99 Å². The molecule has 0 aromatic heterocycles. The molecule has 0 saturated heterocycles. The minimum absolute atomic E-state index is 0.338. The Balaban J connectivity index is 1.82. The number of nitriles is 1. The van der Waals surface area contributed by atoms with Gasteiger partial charge in [-0.1, -0.05) is 36.4 Å². The molecular formula is C24H31N5O2. The quantitative estimate of drug-likeness (QED) is 0.547. The highest BCUT2D eigenvalue weighted by Crippen LogP contribution is 2.12. The second-order valence-electron chi connectivity index (χ2n) is 8.24. The fourth-order valence-electron chi connectivity index (χ4n) is 2.73. The van der Waals surface area contributed by atoms with E-state index in [9.17, 15) is 4.79 Å². The molecule has 7 nitrogen and oxygen atoms in total. The third-order valence-electron chi connectivity index (χ3n) is 4.37. The summed E-state index contributed by atoms with van der Waals surface area (Å²) in [6.07, 6.45) is -0.338. The van der Waals surface area contributed by atoms with Crippen molar-refractivity contribution in [3.05, 3.63) is 70.8 Å². The molecule has 0 aliphatic heterocycles. The lowest BCUT2D eigenvalue weighted by Gasteiger charge is -2.24. The standard InChI is InChI=1S/C24H31N5O2/c1-24(2,3)31-23(30)29(5)17-21-12-10-20(11-13-21)16-28-22(26-4)27-15-19-8-6-18(14-25)7-9-19/h6-13H,15-17H2,1-5H3,(H2,26,27,28). The topological polar surface area (TPSA) is 89.8 Å². The molecule has 164 valence electrons. The summed E-state index contributed by atoms with van der Waals surface area (Å²) in [6.45, 7) is 7.28. The van der Waals surface area contributed by atoms with Crippen molar-refractivity contribution in [3.8, 4) is 6.07 Å². The first-order valence-electron chi connectivity index (χ1n) is 10.2. The predicted octanol–water partition coefficient (Wildman–Crippen LogP) is 3.79. The molecule has 0 aliphatic rings. The Labute approximate surface area is 184 Å². The maximum atomic E-state index is 12.1. The van der Waals surface area contributed by atoms with Gasteiger partial charge in [0.1, 0.15) is 5.60 Å². The zero-order valence-electron chi connectivity index (χ0n) is 18.9. The summed E-state index contributed by atoms with van der Waals surface area (Å²) in [5.41, 5.74) is 3.34. The Morgan fingerprint density at radius 2 is 1.48 bits per heavy atom. The van der Waals surface area contributed by atoms with Gasteiger partial charge in [0, 0.05) is 33.7 Å². The van der Waals surface area contributed by atoms with Crippen LogP contribution in [0.25, 0.3) is 0 Å². The third-order valence-corrected chi connectivity index (χ3v) is 4.37. The van der Waals surface area contributed by atoms with Gasteiger partial charge in [-0.3, -0.25) is 4.99 Å². The maximum absolute atomic E-state index is 12.1. The first-order valence-corrected chi connectivity index (χ1v) is 10.2. The molecule has 0 heterocycles. The third kappa shape index (κ3) is 8.39. The molecule has 0 spiro atoms. The van der Waals surface area contributed by atoms with E-state index in [1.165, 1.54) is 0 Å². The van der Waals surface area contributed by atoms with E-state index in [-0.39, 0.29) is 6.09 Å². The smallest absolute Gasteiger partial charge is 0.410 e. The van der Waals surface area contributed by atoms with Crippen LogP contribution in [0.2, 0.25) is 0 Å². The van der Waals surface area contributed by atoms with Crippen LogP contribution in [0.1, 0.15) is 43.0 Å². The number of carbonyl (C=O) groups excluding carboxylic acids is 1. The summed E-state index contributed by atoms with van der Waals surface area (Å²) in [4.78, 5) is 17.9. The van der Waals surface area contributed by atoms with Crippen LogP contribution < -0.4 is 10.6 Å². The van der Waals surface area contributed by atoms with Gasteiger partial charge in [-0.15, -0.1) is 0 Å².